The van der Waals surface area contributed by atoms with Gasteiger partial charge in [0.2, 0.25) is 10.0 Å². The molecule has 27 heavy (non-hydrogen) atoms. The van der Waals surface area contributed by atoms with Crippen LogP contribution in [0, 0.1) is 5.82 Å². The molecular weight excluding hydrogens is 402 g/mol. The summed E-state index contributed by atoms with van der Waals surface area (Å²) in [6.07, 6.45) is -4.05. The van der Waals surface area contributed by atoms with Crippen LogP contribution in [0.25, 0.3) is 0 Å². The van der Waals surface area contributed by atoms with Gasteiger partial charge in [-0.2, -0.15) is 17.5 Å². The van der Waals surface area contributed by atoms with Crippen LogP contribution in [0.5, 0.6) is 0 Å². The molecule has 146 valence electrons. The maximum atomic E-state index is 13.8. The number of halogens is 4. The molecule has 0 bridgehead atoms. The zero-order valence-corrected chi connectivity index (χ0v) is 16.0. The Labute approximate surface area is 159 Å². The van der Waals surface area contributed by atoms with Crippen molar-refractivity contribution in [2.75, 3.05) is 12.3 Å². The number of alkyl halides is 3. The lowest BCUT2D eigenvalue weighted by Crippen LogP contribution is -2.42. The van der Waals surface area contributed by atoms with Crippen LogP contribution in [0.1, 0.15) is 24.1 Å². The average Bonchev–Trinajstić information content (AvgIpc) is 3.07. The van der Waals surface area contributed by atoms with Gasteiger partial charge >= 0.3 is 6.18 Å². The maximum Gasteiger partial charge on any atom is 0.409 e. The van der Waals surface area contributed by atoms with E-state index < -0.39 is 28.1 Å². The second kappa shape index (κ2) is 7.44. The zero-order valence-electron chi connectivity index (χ0n) is 14.3. The Morgan fingerprint density at radius 2 is 1.81 bits per heavy atom. The third-order valence-corrected chi connectivity index (χ3v) is 7.41. The lowest BCUT2D eigenvalue weighted by Gasteiger charge is -2.32. The third kappa shape index (κ3) is 4.00. The van der Waals surface area contributed by atoms with Crippen molar-refractivity contribution < 1.29 is 26.0 Å². The number of thioether (sulfide) groups is 1. The van der Waals surface area contributed by atoms with Crippen molar-refractivity contribution in [2.45, 2.75) is 35.4 Å². The van der Waals surface area contributed by atoms with Crippen LogP contribution in [-0.4, -0.2) is 31.2 Å². The molecule has 1 heterocycles. The highest BCUT2D eigenvalue weighted by Crippen LogP contribution is 2.41. The van der Waals surface area contributed by atoms with Crippen LogP contribution in [0.2, 0.25) is 0 Å². The molecule has 0 radical (unpaired) electrons. The first-order chi connectivity index (χ1) is 12.6. The SMILES string of the molecule is CCN(C(c1ccc(F)cc1)C(F)(F)F)S(=O)(=O)c1ccc2c(c1)SCC2. The summed E-state index contributed by atoms with van der Waals surface area (Å²) in [7, 11) is -4.41. The van der Waals surface area contributed by atoms with Crippen LogP contribution in [0.15, 0.2) is 52.3 Å². The average molecular weight is 419 g/mol. The van der Waals surface area contributed by atoms with Crippen molar-refractivity contribution in [3.05, 3.63) is 59.4 Å². The molecule has 0 amide bonds. The summed E-state index contributed by atoms with van der Waals surface area (Å²) in [5.41, 5.74) is 0.665. The van der Waals surface area contributed by atoms with Crippen molar-refractivity contribution in [1.82, 2.24) is 4.31 Å². The van der Waals surface area contributed by atoms with Gasteiger partial charge in [-0.3, -0.25) is 0 Å². The highest BCUT2D eigenvalue weighted by atomic mass is 32.2. The number of benzene rings is 2. The van der Waals surface area contributed by atoms with Gasteiger partial charge < -0.3 is 0 Å². The Balaban J connectivity index is 2.07. The molecule has 0 N–H and O–H groups in total. The molecule has 3 nitrogen and oxygen atoms in total. The van der Waals surface area contributed by atoms with Gasteiger partial charge in [0.05, 0.1) is 4.90 Å². The topological polar surface area (TPSA) is 37.4 Å². The molecule has 0 saturated carbocycles. The minimum absolute atomic E-state index is 0.172. The Kier molecular flexibility index (Phi) is 5.56. The second-order valence-electron chi connectivity index (χ2n) is 6.07. The van der Waals surface area contributed by atoms with Gasteiger partial charge in [-0.05, 0) is 41.8 Å². The van der Waals surface area contributed by atoms with Gasteiger partial charge in [-0.25, -0.2) is 12.8 Å². The number of hydrogen-bond acceptors (Lipinski definition) is 3. The van der Waals surface area contributed by atoms with Gasteiger partial charge in [0.25, 0.3) is 0 Å². The summed E-state index contributed by atoms with van der Waals surface area (Å²) in [6, 6.07) is 5.74. The lowest BCUT2D eigenvalue weighted by atomic mass is 10.1. The molecule has 0 spiro atoms. The predicted molar refractivity (Wildman–Crippen MR) is 95.6 cm³/mol. The number of nitrogens with zero attached hydrogens (tertiary/aromatic N) is 1. The summed E-state index contributed by atoms with van der Waals surface area (Å²) < 4.78 is 81.0. The monoisotopic (exact) mass is 419 g/mol. The smallest absolute Gasteiger partial charge is 0.207 e. The summed E-state index contributed by atoms with van der Waals surface area (Å²) in [5.74, 6) is 0.123. The normalized spacial score (nSPS) is 15.8. The van der Waals surface area contributed by atoms with Crippen LogP contribution in [0.4, 0.5) is 17.6 Å². The molecule has 2 aromatic carbocycles. The minimum atomic E-state index is -4.85. The van der Waals surface area contributed by atoms with Crippen molar-refractivity contribution in [1.29, 1.82) is 0 Å². The van der Waals surface area contributed by atoms with E-state index in [2.05, 4.69) is 0 Å². The third-order valence-electron chi connectivity index (χ3n) is 4.37. The molecule has 0 aromatic heterocycles. The molecule has 1 aliphatic heterocycles. The van der Waals surface area contributed by atoms with E-state index in [9.17, 15) is 26.0 Å². The van der Waals surface area contributed by atoms with Crippen LogP contribution in [0.3, 0.4) is 0 Å². The summed E-state index contributed by atoms with van der Waals surface area (Å²) in [5, 5.41) is 0. The highest BCUT2D eigenvalue weighted by Gasteiger charge is 2.48. The quantitative estimate of drug-likeness (QED) is 0.654. The Hall–Kier alpha value is -1.58. The van der Waals surface area contributed by atoms with Gasteiger partial charge in [-0.15, -0.1) is 11.8 Å². The van der Waals surface area contributed by atoms with E-state index in [1.807, 2.05) is 0 Å². The van der Waals surface area contributed by atoms with E-state index >= 15 is 0 Å². The molecule has 0 fully saturated rings. The van der Waals surface area contributed by atoms with Crippen LogP contribution >= 0.6 is 11.8 Å². The molecule has 0 aliphatic carbocycles. The molecule has 2 aromatic rings. The number of rotatable bonds is 5. The summed E-state index contributed by atoms with van der Waals surface area (Å²) in [4.78, 5) is 0.603. The van der Waals surface area contributed by atoms with Gasteiger partial charge in [-0.1, -0.05) is 25.1 Å². The van der Waals surface area contributed by atoms with E-state index in [1.54, 1.807) is 6.07 Å². The largest absolute Gasteiger partial charge is 0.409 e. The van der Waals surface area contributed by atoms with Crippen molar-refractivity contribution in [3.63, 3.8) is 0 Å². The number of fused-ring (bicyclic) bond motifs is 1. The number of sulfonamides is 1. The molecule has 1 unspecified atom stereocenters. The van der Waals surface area contributed by atoms with Crippen molar-refractivity contribution >= 4 is 21.8 Å². The number of aryl methyl sites for hydroxylation is 1. The molecule has 9 heteroatoms. The Morgan fingerprint density at radius 1 is 1.15 bits per heavy atom. The molecule has 1 aliphatic rings. The van der Waals surface area contributed by atoms with Crippen LogP contribution < -0.4 is 0 Å². The van der Waals surface area contributed by atoms with Crippen molar-refractivity contribution in [2.24, 2.45) is 0 Å². The molecular formula is C18H17F4NO2S2. The Morgan fingerprint density at radius 3 is 2.41 bits per heavy atom. The minimum Gasteiger partial charge on any atom is -0.207 e. The van der Waals surface area contributed by atoms with Crippen LogP contribution in [-0.2, 0) is 16.4 Å². The number of hydrogen-bond donors (Lipinski definition) is 0. The Bertz CT molecular complexity index is 927. The van der Waals surface area contributed by atoms with E-state index in [1.165, 1.54) is 30.8 Å². The molecule has 1 atom stereocenters. The van der Waals surface area contributed by atoms with E-state index in [0.29, 0.717) is 4.31 Å². The molecule has 3 rings (SSSR count). The fourth-order valence-corrected chi connectivity index (χ4v) is 5.92. The fourth-order valence-electron chi connectivity index (χ4n) is 3.10. The first-order valence-corrected chi connectivity index (χ1v) is 10.7. The van der Waals surface area contributed by atoms with E-state index in [-0.39, 0.29) is 17.0 Å². The summed E-state index contributed by atoms with van der Waals surface area (Å²) >= 11 is 1.48. The first-order valence-electron chi connectivity index (χ1n) is 8.24. The van der Waals surface area contributed by atoms with E-state index in [0.717, 1.165) is 46.9 Å². The van der Waals surface area contributed by atoms with Gasteiger partial charge in [0.15, 0.2) is 0 Å². The molecule has 0 saturated heterocycles. The predicted octanol–water partition coefficient (Wildman–Crippen LogP) is 4.79. The zero-order chi connectivity index (χ0) is 19.8. The fraction of sp³-hybridized carbons (Fsp3) is 0.333. The van der Waals surface area contributed by atoms with Gasteiger partial charge in [0.1, 0.15) is 11.9 Å². The van der Waals surface area contributed by atoms with E-state index in [4.69, 9.17) is 0 Å². The first kappa shape index (κ1) is 20.2. The van der Waals surface area contributed by atoms with Crippen molar-refractivity contribution in [3.8, 4) is 0 Å². The maximum absolute atomic E-state index is 13.8. The summed E-state index contributed by atoms with van der Waals surface area (Å²) in [6.45, 7) is 0.968. The second-order valence-corrected chi connectivity index (χ2v) is 9.10. The lowest BCUT2D eigenvalue weighted by molar-refractivity contribution is -0.173. The highest BCUT2D eigenvalue weighted by molar-refractivity contribution is 7.99. The van der Waals surface area contributed by atoms with Gasteiger partial charge in [0, 0.05) is 17.2 Å². The standard InChI is InChI=1S/C18H17F4NO2S2/c1-2-23(17(18(20,21)22)13-3-6-14(19)7-4-13)27(24,25)15-8-5-12-9-10-26-16(12)11-15/h3-8,11,17H,2,9-10H2,1H3.